The van der Waals surface area contributed by atoms with Gasteiger partial charge in [0.05, 0.1) is 7.11 Å². The summed E-state index contributed by atoms with van der Waals surface area (Å²) in [4.78, 5) is 30.1. The molecule has 1 aromatic heterocycles. The molecule has 1 saturated carbocycles. The normalized spacial score (nSPS) is 18.7. The van der Waals surface area contributed by atoms with E-state index in [-0.39, 0.29) is 30.6 Å². The van der Waals surface area contributed by atoms with E-state index in [0.717, 1.165) is 16.7 Å². The van der Waals surface area contributed by atoms with E-state index in [2.05, 4.69) is 10.1 Å². The number of carbonyl (C=O) groups excluding carboxylic acids is 1. The average molecular weight is 516 g/mol. The van der Waals surface area contributed by atoms with Crippen molar-refractivity contribution in [2.45, 2.75) is 25.4 Å². The minimum atomic E-state index is -1.46. The molecule has 1 aliphatic rings. The van der Waals surface area contributed by atoms with Crippen LogP contribution in [0.3, 0.4) is 0 Å². The quantitative estimate of drug-likeness (QED) is 0.257. The van der Waals surface area contributed by atoms with Gasteiger partial charge in [-0.1, -0.05) is 65.8 Å². The molecule has 3 aromatic carbocycles. The molecular weight excluding hydrogens is 489 g/mol. The number of hydrogen-bond donors (Lipinski definition) is 1. The van der Waals surface area contributed by atoms with Crippen LogP contribution in [-0.4, -0.2) is 52.3 Å². The zero-order valence-electron chi connectivity index (χ0n) is 20.9. The Morgan fingerprint density at radius 1 is 1.05 bits per heavy atom. The summed E-state index contributed by atoms with van der Waals surface area (Å²) in [6.07, 6.45) is 0.421. The van der Waals surface area contributed by atoms with Crippen LogP contribution in [0.1, 0.15) is 18.4 Å². The van der Waals surface area contributed by atoms with Gasteiger partial charge < -0.3 is 14.4 Å². The van der Waals surface area contributed by atoms with Gasteiger partial charge >= 0.3 is 11.9 Å². The number of ether oxygens (including phenoxy) is 1. The van der Waals surface area contributed by atoms with Crippen LogP contribution in [0.2, 0.25) is 0 Å². The number of aliphatic carboxylic acids is 1. The lowest BCUT2D eigenvalue weighted by Crippen LogP contribution is -2.57. The molecule has 0 unspecified atom stereocenters. The summed E-state index contributed by atoms with van der Waals surface area (Å²) in [7, 11) is 3.10. The van der Waals surface area contributed by atoms with Crippen LogP contribution < -0.4 is 0 Å². The Morgan fingerprint density at radius 3 is 2.37 bits per heavy atom. The summed E-state index contributed by atoms with van der Waals surface area (Å²) in [6.45, 7) is 0.576. The van der Waals surface area contributed by atoms with Crippen molar-refractivity contribution in [3.05, 3.63) is 84.2 Å². The minimum absolute atomic E-state index is 0.0432. The van der Waals surface area contributed by atoms with E-state index in [0.29, 0.717) is 23.5 Å². The predicted octanol–water partition coefficient (Wildman–Crippen LogP) is 5.05. The average Bonchev–Trinajstić information content (AvgIpc) is 3.39. The largest absolute Gasteiger partial charge is 0.480 e. The fraction of sp³-hybridized carbons (Fsp3) is 0.241. The Kier molecular flexibility index (Phi) is 6.77. The number of hydrogen-bond acceptors (Lipinski definition) is 7. The maximum Gasteiger partial charge on any atom is 0.323 e. The van der Waals surface area contributed by atoms with Crippen LogP contribution in [0.25, 0.3) is 34.0 Å². The van der Waals surface area contributed by atoms with E-state index in [1.165, 1.54) is 13.2 Å². The van der Waals surface area contributed by atoms with Crippen LogP contribution >= 0.6 is 0 Å². The third-order valence-corrected chi connectivity index (χ3v) is 7.15. The number of benzene rings is 3. The molecule has 1 N–H and O–H groups in total. The number of carbonyl (C=O) groups is 2. The number of nitrogens with zero attached hydrogens (tertiary/aromatic N) is 3. The Bertz CT molecular complexity index is 1460. The Labute approximate surface area is 218 Å². The van der Waals surface area contributed by atoms with Crippen molar-refractivity contribution in [3.8, 4) is 34.0 Å². The summed E-state index contributed by atoms with van der Waals surface area (Å²) >= 11 is 0. The highest BCUT2D eigenvalue weighted by Gasteiger charge is 2.58. The number of esters is 1. The van der Waals surface area contributed by atoms with Crippen molar-refractivity contribution in [3.63, 3.8) is 0 Å². The van der Waals surface area contributed by atoms with Gasteiger partial charge in [-0.15, -0.1) is 0 Å². The molecule has 0 bridgehead atoms. The van der Waals surface area contributed by atoms with E-state index in [4.69, 9.17) is 9.26 Å². The Balaban J connectivity index is 1.24. The maximum absolute atomic E-state index is 14.8. The molecule has 9 heteroatoms. The van der Waals surface area contributed by atoms with E-state index >= 15 is 0 Å². The molecule has 8 nitrogen and oxygen atoms in total. The van der Waals surface area contributed by atoms with E-state index in [1.807, 2.05) is 66.5 Å². The highest BCUT2D eigenvalue weighted by Crippen LogP contribution is 2.45. The molecule has 1 fully saturated rings. The molecule has 1 heterocycles. The van der Waals surface area contributed by atoms with Gasteiger partial charge in [0, 0.05) is 29.3 Å². The van der Waals surface area contributed by atoms with Crippen molar-refractivity contribution < 1.29 is 28.3 Å². The van der Waals surface area contributed by atoms with Gasteiger partial charge in [0.25, 0.3) is 5.89 Å². The first-order valence-electron chi connectivity index (χ1n) is 12.1. The van der Waals surface area contributed by atoms with Crippen LogP contribution in [-0.2, 0) is 20.9 Å². The molecule has 194 valence electrons. The summed E-state index contributed by atoms with van der Waals surface area (Å²) in [5, 5.41) is 13.6. The zero-order chi connectivity index (χ0) is 26.9. The van der Waals surface area contributed by atoms with E-state index < -0.39 is 17.4 Å². The van der Waals surface area contributed by atoms with Gasteiger partial charge in [0.1, 0.15) is 5.82 Å². The first-order valence-corrected chi connectivity index (χ1v) is 12.1. The highest BCUT2D eigenvalue weighted by atomic mass is 19.1. The molecule has 0 spiro atoms. The van der Waals surface area contributed by atoms with Crippen LogP contribution in [0.4, 0.5) is 4.39 Å². The molecule has 5 rings (SSSR count). The standard InChI is InChI=1S/C29H26FN3O5/c1-33(22-15-29(16-22,27(34)35)28(36)37-2)17-18-8-10-20(11-9-18)25-31-26(38-32-25)21-12-13-23(24(30)14-21)19-6-4-3-5-7-19/h3-14,22H,15-17H2,1-2H3,(H,34,35). The van der Waals surface area contributed by atoms with Crippen LogP contribution in [0.5, 0.6) is 0 Å². The summed E-state index contributed by atoms with van der Waals surface area (Å²) in [5.41, 5.74) is 2.06. The van der Waals surface area contributed by atoms with Crippen molar-refractivity contribution in [1.82, 2.24) is 15.0 Å². The maximum atomic E-state index is 14.8. The van der Waals surface area contributed by atoms with Crippen molar-refractivity contribution in [1.29, 1.82) is 0 Å². The zero-order valence-corrected chi connectivity index (χ0v) is 20.9. The van der Waals surface area contributed by atoms with Gasteiger partial charge in [0.15, 0.2) is 5.41 Å². The number of halogens is 1. The fourth-order valence-corrected chi connectivity index (χ4v) is 4.81. The number of methoxy groups -OCH3 is 1. The van der Waals surface area contributed by atoms with Crippen molar-refractivity contribution in [2.24, 2.45) is 5.41 Å². The minimum Gasteiger partial charge on any atom is -0.480 e. The number of carboxylic acids is 1. The van der Waals surface area contributed by atoms with Gasteiger partial charge in [-0.2, -0.15) is 4.98 Å². The third kappa shape index (κ3) is 4.68. The Morgan fingerprint density at radius 2 is 1.74 bits per heavy atom. The van der Waals surface area contributed by atoms with Gasteiger partial charge in [-0.3, -0.25) is 14.5 Å². The van der Waals surface area contributed by atoms with Crippen molar-refractivity contribution in [2.75, 3.05) is 14.2 Å². The second-order valence-corrected chi connectivity index (χ2v) is 9.54. The monoisotopic (exact) mass is 515 g/mol. The lowest BCUT2D eigenvalue weighted by Gasteiger charge is -2.46. The number of carboxylic acid groups (broad SMARTS) is 1. The lowest BCUT2D eigenvalue weighted by atomic mass is 9.65. The summed E-state index contributed by atoms with van der Waals surface area (Å²) < 4.78 is 24.9. The second kappa shape index (κ2) is 10.2. The van der Waals surface area contributed by atoms with Crippen molar-refractivity contribution >= 4 is 11.9 Å². The van der Waals surface area contributed by atoms with Crippen LogP contribution in [0, 0.1) is 11.2 Å². The van der Waals surface area contributed by atoms with Gasteiger partial charge in [0.2, 0.25) is 5.82 Å². The highest BCUT2D eigenvalue weighted by molar-refractivity contribution is 6.00. The summed E-state index contributed by atoms with van der Waals surface area (Å²) in [5.74, 6) is -1.61. The van der Waals surface area contributed by atoms with E-state index in [9.17, 15) is 19.1 Å². The van der Waals surface area contributed by atoms with Crippen LogP contribution in [0.15, 0.2) is 77.3 Å². The molecular formula is C29H26FN3O5. The molecule has 0 saturated heterocycles. The van der Waals surface area contributed by atoms with E-state index in [1.54, 1.807) is 12.1 Å². The molecule has 0 radical (unpaired) electrons. The lowest BCUT2D eigenvalue weighted by molar-refractivity contribution is -0.179. The van der Waals surface area contributed by atoms with Gasteiger partial charge in [-0.05, 0) is 43.1 Å². The smallest absolute Gasteiger partial charge is 0.323 e. The molecule has 4 aromatic rings. The number of aromatic nitrogens is 2. The molecule has 0 atom stereocenters. The molecule has 38 heavy (non-hydrogen) atoms. The first kappa shape index (κ1) is 25.3. The van der Waals surface area contributed by atoms with Gasteiger partial charge in [-0.25, -0.2) is 4.39 Å². The topological polar surface area (TPSA) is 106 Å². The Hall–Kier alpha value is -4.37. The summed E-state index contributed by atoms with van der Waals surface area (Å²) in [6, 6.07) is 21.7. The molecule has 0 amide bonds. The SMILES string of the molecule is COC(=O)C1(C(=O)O)CC(N(C)Cc2ccc(-c3noc(-c4ccc(-c5ccccc5)c(F)c4)n3)cc2)C1. The second-order valence-electron chi connectivity index (χ2n) is 9.54. The molecule has 0 aliphatic heterocycles. The predicted molar refractivity (Wildman–Crippen MR) is 137 cm³/mol. The first-order chi connectivity index (χ1) is 18.3. The third-order valence-electron chi connectivity index (χ3n) is 7.15. The fourth-order valence-electron chi connectivity index (χ4n) is 4.81. The molecule has 1 aliphatic carbocycles. The number of rotatable bonds is 8.